The van der Waals surface area contributed by atoms with Gasteiger partial charge in [0.05, 0.1) is 0 Å². The Morgan fingerprint density at radius 1 is 0.556 bits per heavy atom. The molecule has 4 nitrogen and oxygen atoms in total. The summed E-state index contributed by atoms with van der Waals surface area (Å²) in [5.41, 5.74) is 4.01. The molecule has 0 aliphatic rings. The third-order valence-corrected chi connectivity index (χ3v) is 5.09. The van der Waals surface area contributed by atoms with E-state index in [2.05, 4.69) is 0 Å². The Morgan fingerprint density at radius 2 is 0.926 bits per heavy atom. The highest BCUT2D eigenvalue weighted by Crippen LogP contribution is 2.50. The molecule has 27 heavy (non-hydrogen) atoms. The fourth-order valence-corrected chi connectivity index (χ4v) is 4.11. The Morgan fingerprint density at radius 3 is 1.33 bits per heavy atom. The molecule has 0 fully saturated rings. The molecule has 0 heterocycles. The smallest absolute Gasteiger partial charge is 0.386 e. The summed E-state index contributed by atoms with van der Waals surface area (Å²) in [6.07, 6.45) is 0. The predicted molar refractivity (Wildman–Crippen MR) is 108 cm³/mol. The van der Waals surface area contributed by atoms with E-state index >= 15 is 0 Å². The summed E-state index contributed by atoms with van der Waals surface area (Å²) >= 11 is 0. The van der Waals surface area contributed by atoms with Crippen LogP contribution >= 0.6 is 7.82 Å². The SMILES string of the molecule is Cc1cc(C)cc(OP(=O)(Oc2ccccc2)Oc2cc(C)cc(C)c2)c1. The van der Waals surface area contributed by atoms with Crippen molar-refractivity contribution in [2.75, 3.05) is 0 Å². The summed E-state index contributed by atoms with van der Waals surface area (Å²) in [4.78, 5) is 0. The van der Waals surface area contributed by atoms with Crippen molar-refractivity contribution in [1.29, 1.82) is 0 Å². The third kappa shape index (κ3) is 5.38. The van der Waals surface area contributed by atoms with Gasteiger partial charge in [-0.3, -0.25) is 0 Å². The first-order valence-corrected chi connectivity index (χ1v) is 10.2. The Balaban J connectivity index is 1.95. The third-order valence-electron chi connectivity index (χ3n) is 3.79. The van der Waals surface area contributed by atoms with Gasteiger partial charge in [0.1, 0.15) is 17.2 Å². The lowest BCUT2D eigenvalue weighted by Crippen LogP contribution is -2.08. The predicted octanol–water partition coefficient (Wildman–Crippen LogP) is 6.57. The number of phosphoric ester groups is 1. The molecule has 0 bridgehead atoms. The zero-order valence-electron chi connectivity index (χ0n) is 15.9. The van der Waals surface area contributed by atoms with E-state index in [1.54, 1.807) is 48.5 Å². The molecule has 3 aromatic carbocycles. The summed E-state index contributed by atoms with van der Waals surface area (Å²) < 4.78 is 30.7. The molecule has 140 valence electrons. The van der Waals surface area contributed by atoms with Crippen LogP contribution in [0.15, 0.2) is 66.7 Å². The van der Waals surface area contributed by atoms with Crippen LogP contribution in [-0.4, -0.2) is 0 Å². The van der Waals surface area contributed by atoms with E-state index < -0.39 is 7.82 Å². The van der Waals surface area contributed by atoms with Crippen LogP contribution in [0.25, 0.3) is 0 Å². The van der Waals surface area contributed by atoms with Crippen molar-refractivity contribution in [3.05, 3.63) is 89.0 Å². The minimum atomic E-state index is -3.96. The Kier molecular flexibility index (Phi) is 5.57. The van der Waals surface area contributed by atoms with Crippen molar-refractivity contribution < 1.29 is 18.1 Å². The summed E-state index contributed by atoms with van der Waals surface area (Å²) in [7, 11) is -3.96. The van der Waals surface area contributed by atoms with Crippen LogP contribution in [0.5, 0.6) is 17.2 Å². The molecule has 0 spiro atoms. The van der Waals surface area contributed by atoms with Gasteiger partial charge in [-0.05, 0) is 86.3 Å². The fraction of sp³-hybridized carbons (Fsp3) is 0.182. The first-order chi connectivity index (χ1) is 12.8. The van der Waals surface area contributed by atoms with Gasteiger partial charge in [0, 0.05) is 0 Å². The lowest BCUT2D eigenvalue weighted by atomic mass is 10.1. The van der Waals surface area contributed by atoms with Gasteiger partial charge in [0.25, 0.3) is 0 Å². The Bertz CT molecular complexity index is 885. The van der Waals surface area contributed by atoms with Gasteiger partial charge in [-0.1, -0.05) is 30.3 Å². The van der Waals surface area contributed by atoms with E-state index in [9.17, 15) is 4.57 Å². The second-order valence-corrected chi connectivity index (χ2v) is 8.12. The van der Waals surface area contributed by atoms with Crippen molar-refractivity contribution in [2.45, 2.75) is 27.7 Å². The normalized spacial score (nSPS) is 11.1. The lowest BCUT2D eigenvalue weighted by molar-refractivity contribution is 0.298. The molecule has 0 aliphatic carbocycles. The minimum Gasteiger partial charge on any atom is -0.386 e. The number of phosphoric acid groups is 1. The second-order valence-electron chi connectivity index (χ2n) is 6.68. The lowest BCUT2D eigenvalue weighted by Gasteiger charge is -2.20. The maximum Gasteiger partial charge on any atom is 0.647 e. The van der Waals surface area contributed by atoms with Crippen LogP contribution in [0, 0.1) is 27.7 Å². The minimum absolute atomic E-state index is 0.412. The molecule has 0 saturated carbocycles. The molecule has 0 N–H and O–H groups in total. The molecule has 0 unspecified atom stereocenters. The second kappa shape index (κ2) is 7.89. The van der Waals surface area contributed by atoms with Gasteiger partial charge in [-0.25, -0.2) is 0 Å². The van der Waals surface area contributed by atoms with Crippen LogP contribution in [0.4, 0.5) is 0 Å². The van der Waals surface area contributed by atoms with Gasteiger partial charge >= 0.3 is 7.82 Å². The summed E-state index contributed by atoms with van der Waals surface area (Å²) in [5, 5.41) is 0. The van der Waals surface area contributed by atoms with Gasteiger partial charge in [0.15, 0.2) is 0 Å². The summed E-state index contributed by atoms with van der Waals surface area (Å²) in [6.45, 7) is 7.81. The Labute approximate surface area is 160 Å². The van der Waals surface area contributed by atoms with Crippen molar-refractivity contribution in [3.63, 3.8) is 0 Å². The Hall–Kier alpha value is -2.71. The highest BCUT2D eigenvalue weighted by Gasteiger charge is 2.33. The monoisotopic (exact) mass is 382 g/mol. The summed E-state index contributed by atoms with van der Waals surface area (Å²) in [6, 6.07) is 20.1. The maximum atomic E-state index is 13.5. The van der Waals surface area contributed by atoms with Crippen LogP contribution in [0.3, 0.4) is 0 Å². The zero-order valence-corrected chi connectivity index (χ0v) is 16.8. The average Bonchev–Trinajstić information content (AvgIpc) is 2.53. The number of aryl methyl sites for hydroxylation is 4. The number of rotatable bonds is 6. The van der Waals surface area contributed by atoms with Gasteiger partial charge in [0.2, 0.25) is 0 Å². The molecule has 5 heteroatoms. The van der Waals surface area contributed by atoms with Crippen LogP contribution < -0.4 is 13.6 Å². The van der Waals surface area contributed by atoms with Crippen LogP contribution in [0.1, 0.15) is 22.3 Å². The van der Waals surface area contributed by atoms with E-state index in [1.807, 2.05) is 45.9 Å². The van der Waals surface area contributed by atoms with E-state index in [0.29, 0.717) is 17.2 Å². The molecule has 0 atom stereocenters. The highest BCUT2D eigenvalue weighted by atomic mass is 31.2. The van der Waals surface area contributed by atoms with E-state index in [-0.39, 0.29) is 0 Å². The van der Waals surface area contributed by atoms with Crippen molar-refractivity contribution in [2.24, 2.45) is 0 Å². The molecule has 0 radical (unpaired) electrons. The molecule has 3 rings (SSSR count). The van der Waals surface area contributed by atoms with E-state index in [4.69, 9.17) is 13.6 Å². The fourth-order valence-electron chi connectivity index (χ4n) is 2.90. The summed E-state index contributed by atoms with van der Waals surface area (Å²) in [5.74, 6) is 1.29. The van der Waals surface area contributed by atoms with Gasteiger partial charge in [-0.2, -0.15) is 4.57 Å². The van der Waals surface area contributed by atoms with Crippen LogP contribution in [-0.2, 0) is 4.57 Å². The maximum absolute atomic E-state index is 13.5. The largest absolute Gasteiger partial charge is 0.647 e. The van der Waals surface area contributed by atoms with Crippen LogP contribution in [0.2, 0.25) is 0 Å². The first kappa shape index (κ1) is 19.1. The highest BCUT2D eigenvalue weighted by molar-refractivity contribution is 7.49. The average molecular weight is 382 g/mol. The number of para-hydroxylation sites is 1. The quantitative estimate of drug-likeness (QED) is 0.453. The number of benzene rings is 3. The van der Waals surface area contributed by atoms with Crippen molar-refractivity contribution in [3.8, 4) is 17.2 Å². The topological polar surface area (TPSA) is 44.8 Å². The first-order valence-electron chi connectivity index (χ1n) is 8.72. The molecule has 0 amide bonds. The van der Waals surface area contributed by atoms with Gasteiger partial charge in [-0.15, -0.1) is 0 Å². The van der Waals surface area contributed by atoms with Crippen molar-refractivity contribution in [1.82, 2.24) is 0 Å². The molecular formula is C22H23O4P. The van der Waals surface area contributed by atoms with Crippen molar-refractivity contribution >= 4 is 7.82 Å². The molecule has 0 saturated heterocycles. The number of hydrogen-bond acceptors (Lipinski definition) is 4. The van der Waals surface area contributed by atoms with Gasteiger partial charge < -0.3 is 13.6 Å². The standard InChI is InChI=1S/C22H23O4P/c1-16-10-17(2)13-21(12-16)25-27(23,24-20-8-6-5-7-9-20)26-22-14-18(3)11-19(4)15-22/h5-15H,1-4H3. The van der Waals surface area contributed by atoms with E-state index in [1.165, 1.54) is 0 Å². The molecule has 0 aromatic heterocycles. The number of hydrogen-bond donors (Lipinski definition) is 0. The van der Waals surface area contributed by atoms with E-state index in [0.717, 1.165) is 22.3 Å². The molecule has 3 aromatic rings. The molecular weight excluding hydrogens is 359 g/mol. The zero-order chi connectivity index (χ0) is 19.4. The molecule has 0 aliphatic heterocycles.